The van der Waals surface area contributed by atoms with Gasteiger partial charge in [0.2, 0.25) is 0 Å². The summed E-state index contributed by atoms with van der Waals surface area (Å²) in [4.78, 5) is 21.8. The summed E-state index contributed by atoms with van der Waals surface area (Å²) in [5.74, 6) is -1.14. The van der Waals surface area contributed by atoms with E-state index >= 15 is 0 Å². The van der Waals surface area contributed by atoms with E-state index in [0.29, 0.717) is 11.1 Å². The number of hydrogen-bond donors (Lipinski definition) is 1. The summed E-state index contributed by atoms with van der Waals surface area (Å²) >= 11 is 0. The Morgan fingerprint density at radius 2 is 1.33 bits per heavy atom. The molecule has 0 amide bonds. The van der Waals surface area contributed by atoms with Crippen LogP contribution in [0.15, 0.2) is 84.9 Å². The predicted molar refractivity (Wildman–Crippen MR) is 105 cm³/mol. The average molecular weight is 362 g/mol. The summed E-state index contributed by atoms with van der Waals surface area (Å²) in [7, 11) is 1.37. The topological polar surface area (TPSA) is 63.6 Å². The molecule has 3 rings (SSSR count). The van der Waals surface area contributed by atoms with Gasteiger partial charge in [0.05, 0.1) is 18.2 Å². The molecule has 3 aromatic rings. The molecule has 0 aliphatic carbocycles. The van der Waals surface area contributed by atoms with Gasteiger partial charge in [-0.15, -0.1) is 0 Å². The number of carboxylic acids is 1. The van der Waals surface area contributed by atoms with Crippen LogP contribution in [0.3, 0.4) is 0 Å². The van der Waals surface area contributed by atoms with E-state index in [9.17, 15) is 9.59 Å². The van der Waals surface area contributed by atoms with Crippen LogP contribution in [0.5, 0.6) is 0 Å². The first-order valence-corrected chi connectivity index (χ1v) is 8.60. The van der Waals surface area contributed by atoms with Crippen molar-refractivity contribution >= 4 is 11.9 Å². The standard InChI is InChI=1S/C15H14O2.C8H8O2/c16-15(17)14-9-5-4-8-13(14)11-10-12-6-2-1-3-7-12;1-10-8(9)7-5-3-2-4-6-7/h1-9H,10-11H2,(H,16,17);2-6H,1H3. The first kappa shape index (κ1) is 19.9. The summed E-state index contributed by atoms with van der Waals surface area (Å²) in [6.07, 6.45) is 1.62. The van der Waals surface area contributed by atoms with Gasteiger partial charge in [-0.05, 0) is 42.2 Å². The summed E-state index contributed by atoms with van der Waals surface area (Å²) in [5.41, 5.74) is 3.12. The minimum atomic E-state index is -0.853. The van der Waals surface area contributed by atoms with Crippen molar-refractivity contribution in [2.24, 2.45) is 0 Å². The van der Waals surface area contributed by atoms with Crippen molar-refractivity contribution in [1.82, 2.24) is 0 Å². The van der Waals surface area contributed by atoms with E-state index in [-0.39, 0.29) is 5.97 Å². The Bertz CT molecular complexity index is 858. The lowest BCUT2D eigenvalue weighted by atomic mass is 10.00. The highest BCUT2D eigenvalue weighted by atomic mass is 16.5. The van der Waals surface area contributed by atoms with E-state index in [4.69, 9.17) is 5.11 Å². The zero-order chi connectivity index (χ0) is 19.5. The fourth-order valence-corrected chi connectivity index (χ4v) is 2.56. The van der Waals surface area contributed by atoms with Crippen molar-refractivity contribution in [3.8, 4) is 0 Å². The molecule has 0 aliphatic heterocycles. The highest BCUT2D eigenvalue weighted by molar-refractivity contribution is 5.89. The molecule has 4 heteroatoms. The fourth-order valence-electron chi connectivity index (χ4n) is 2.56. The van der Waals surface area contributed by atoms with Crippen molar-refractivity contribution in [2.75, 3.05) is 7.11 Å². The van der Waals surface area contributed by atoms with Crippen LogP contribution in [0.25, 0.3) is 0 Å². The molecular weight excluding hydrogens is 340 g/mol. The van der Waals surface area contributed by atoms with Crippen LogP contribution in [0.1, 0.15) is 31.8 Å². The molecular formula is C23H22O4. The molecule has 0 aromatic heterocycles. The van der Waals surface area contributed by atoms with Gasteiger partial charge in [0.15, 0.2) is 0 Å². The van der Waals surface area contributed by atoms with Crippen LogP contribution < -0.4 is 0 Å². The molecule has 0 bridgehead atoms. The molecule has 3 aromatic carbocycles. The Morgan fingerprint density at radius 3 is 1.93 bits per heavy atom. The van der Waals surface area contributed by atoms with E-state index in [1.165, 1.54) is 12.7 Å². The highest BCUT2D eigenvalue weighted by Crippen LogP contribution is 2.12. The van der Waals surface area contributed by atoms with Crippen molar-refractivity contribution in [3.05, 3.63) is 107 Å². The second-order valence-electron chi connectivity index (χ2n) is 5.81. The molecule has 0 saturated carbocycles. The average Bonchev–Trinajstić information content (AvgIpc) is 2.73. The summed E-state index contributed by atoms with van der Waals surface area (Å²) < 4.78 is 4.50. The SMILES string of the molecule is COC(=O)c1ccccc1.O=C(O)c1ccccc1CCc1ccccc1. The van der Waals surface area contributed by atoms with Crippen molar-refractivity contribution in [3.63, 3.8) is 0 Å². The predicted octanol–water partition coefficient (Wildman–Crippen LogP) is 4.64. The van der Waals surface area contributed by atoms with Crippen LogP contribution >= 0.6 is 0 Å². The van der Waals surface area contributed by atoms with E-state index in [1.807, 2.05) is 36.4 Å². The number of esters is 1. The van der Waals surface area contributed by atoms with Crippen LogP contribution in [0.4, 0.5) is 0 Å². The normalized spacial score (nSPS) is 9.67. The third-order valence-electron chi connectivity index (χ3n) is 3.97. The fraction of sp³-hybridized carbons (Fsp3) is 0.130. The first-order chi connectivity index (χ1) is 13.1. The highest BCUT2D eigenvalue weighted by Gasteiger charge is 2.08. The van der Waals surface area contributed by atoms with Gasteiger partial charge in [0, 0.05) is 0 Å². The van der Waals surface area contributed by atoms with Gasteiger partial charge in [0.1, 0.15) is 0 Å². The van der Waals surface area contributed by atoms with Crippen LogP contribution in [0, 0.1) is 0 Å². The molecule has 0 unspecified atom stereocenters. The number of aromatic carboxylic acids is 1. The lowest BCUT2D eigenvalue weighted by molar-refractivity contribution is 0.0599. The van der Waals surface area contributed by atoms with Crippen LogP contribution in [0.2, 0.25) is 0 Å². The number of rotatable bonds is 5. The molecule has 27 heavy (non-hydrogen) atoms. The maximum absolute atomic E-state index is 11.0. The maximum atomic E-state index is 11.0. The quantitative estimate of drug-likeness (QED) is 0.672. The number of hydrogen-bond acceptors (Lipinski definition) is 3. The van der Waals surface area contributed by atoms with E-state index in [0.717, 1.165) is 18.4 Å². The second kappa shape index (κ2) is 10.6. The molecule has 0 heterocycles. The molecule has 138 valence electrons. The molecule has 0 radical (unpaired) electrons. The maximum Gasteiger partial charge on any atom is 0.337 e. The Hall–Kier alpha value is -3.40. The zero-order valence-corrected chi connectivity index (χ0v) is 15.2. The number of ether oxygens (including phenoxy) is 1. The van der Waals surface area contributed by atoms with Crippen LogP contribution in [-0.4, -0.2) is 24.2 Å². The van der Waals surface area contributed by atoms with E-state index < -0.39 is 5.97 Å². The zero-order valence-electron chi connectivity index (χ0n) is 15.2. The first-order valence-electron chi connectivity index (χ1n) is 8.60. The molecule has 0 aliphatic rings. The largest absolute Gasteiger partial charge is 0.478 e. The smallest absolute Gasteiger partial charge is 0.337 e. The lowest BCUT2D eigenvalue weighted by Crippen LogP contribution is -2.03. The number of aryl methyl sites for hydroxylation is 2. The second-order valence-corrected chi connectivity index (χ2v) is 5.81. The van der Waals surface area contributed by atoms with Crippen molar-refractivity contribution in [1.29, 1.82) is 0 Å². The monoisotopic (exact) mass is 362 g/mol. The molecule has 0 spiro atoms. The Balaban J connectivity index is 0.000000223. The Morgan fingerprint density at radius 1 is 0.778 bits per heavy atom. The minimum absolute atomic E-state index is 0.291. The molecule has 4 nitrogen and oxygen atoms in total. The number of benzene rings is 3. The Labute approximate surface area is 159 Å². The lowest BCUT2D eigenvalue weighted by Gasteiger charge is -2.05. The third kappa shape index (κ3) is 6.44. The van der Waals surface area contributed by atoms with Gasteiger partial charge < -0.3 is 9.84 Å². The molecule has 0 saturated heterocycles. The number of carboxylic acid groups (broad SMARTS) is 1. The van der Waals surface area contributed by atoms with Gasteiger partial charge in [-0.1, -0.05) is 66.7 Å². The van der Waals surface area contributed by atoms with Gasteiger partial charge in [0.25, 0.3) is 0 Å². The van der Waals surface area contributed by atoms with E-state index in [1.54, 1.807) is 36.4 Å². The molecule has 0 fully saturated rings. The van der Waals surface area contributed by atoms with Gasteiger partial charge in [-0.2, -0.15) is 0 Å². The molecule has 0 atom stereocenters. The van der Waals surface area contributed by atoms with Gasteiger partial charge in [-0.25, -0.2) is 9.59 Å². The number of methoxy groups -OCH3 is 1. The summed E-state index contributed by atoms with van der Waals surface area (Å²) in [6, 6.07) is 26.2. The summed E-state index contributed by atoms with van der Waals surface area (Å²) in [5, 5.41) is 9.06. The van der Waals surface area contributed by atoms with Gasteiger partial charge in [-0.3, -0.25) is 0 Å². The molecule has 1 N–H and O–H groups in total. The number of carbonyl (C=O) groups excluding carboxylic acids is 1. The van der Waals surface area contributed by atoms with Gasteiger partial charge >= 0.3 is 11.9 Å². The van der Waals surface area contributed by atoms with Crippen molar-refractivity contribution < 1.29 is 19.4 Å². The van der Waals surface area contributed by atoms with E-state index in [2.05, 4.69) is 16.9 Å². The minimum Gasteiger partial charge on any atom is -0.478 e. The number of carbonyl (C=O) groups is 2. The van der Waals surface area contributed by atoms with Crippen molar-refractivity contribution in [2.45, 2.75) is 12.8 Å². The Kier molecular flexibility index (Phi) is 7.79. The summed E-state index contributed by atoms with van der Waals surface area (Å²) in [6.45, 7) is 0. The van der Waals surface area contributed by atoms with Crippen LogP contribution in [-0.2, 0) is 17.6 Å². The third-order valence-corrected chi connectivity index (χ3v) is 3.97.